The zero-order chi connectivity index (χ0) is 27.0. The molecule has 2 aromatic carbocycles. The highest BCUT2D eigenvalue weighted by Crippen LogP contribution is 2.53. The van der Waals surface area contributed by atoms with E-state index in [0.717, 1.165) is 20.9 Å². The number of nitrogens with zero attached hydrogens (tertiary/aromatic N) is 1. The Balaban J connectivity index is 1.70. The molecule has 0 radical (unpaired) electrons. The molecule has 3 heterocycles. The van der Waals surface area contributed by atoms with Crippen LogP contribution < -0.4 is 11.1 Å². The first-order chi connectivity index (χ1) is 18.3. The lowest BCUT2D eigenvalue weighted by Crippen LogP contribution is -2.48. The van der Waals surface area contributed by atoms with E-state index in [4.69, 9.17) is 17.3 Å². The van der Waals surface area contributed by atoms with Crippen molar-refractivity contribution in [1.82, 2.24) is 4.90 Å². The van der Waals surface area contributed by atoms with Gasteiger partial charge in [0.15, 0.2) is 5.78 Å². The van der Waals surface area contributed by atoms with E-state index in [-0.39, 0.29) is 5.78 Å². The summed E-state index contributed by atoms with van der Waals surface area (Å²) < 4.78 is 0. The average molecular weight is 564 g/mol. The number of carbonyl (C=O) groups excluding carboxylic acids is 3. The lowest BCUT2D eigenvalue weighted by atomic mass is 9.79. The van der Waals surface area contributed by atoms with Crippen LogP contribution >= 0.6 is 34.3 Å². The third kappa shape index (κ3) is 4.87. The molecule has 5 rings (SSSR count). The van der Waals surface area contributed by atoms with Crippen LogP contribution in [0.25, 0.3) is 0 Å². The van der Waals surface area contributed by atoms with Crippen LogP contribution in [0.2, 0.25) is 5.02 Å². The van der Waals surface area contributed by atoms with Crippen molar-refractivity contribution in [3.05, 3.63) is 109 Å². The molecule has 6 nitrogen and oxygen atoms in total. The van der Waals surface area contributed by atoms with E-state index in [1.807, 2.05) is 61.0 Å². The third-order valence-corrected chi connectivity index (χ3v) is 9.21. The number of anilines is 1. The standard InChI is InChI=1S/C29H26ClN3O3S2/c1-16-6-3-9-20(14-16)32-29(36)33-24(27-17(2)11-13-38-27)23(26(34)18-7-4-8-19(30)15-18)22(25(33)28(31)35)21-10-5-12-37-21/h3-15,22-25H,1-2H3,(H2,31,35)(H,32,36). The summed E-state index contributed by atoms with van der Waals surface area (Å²) in [7, 11) is 0. The molecule has 194 valence electrons. The van der Waals surface area contributed by atoms with Crippen LogP contribution in [0.4, 0.5) is 10.5 Å². The molecule has 2 aromatic heterocycles. The average Bonchev–Trinajstić information content (AvgIpc) is 3.61. The summed E-state index contributed by atoms with van der Waals surface area (Å²) in [6.45, 7) is 3.88. The molecule has 0 saturated carbocycles. The van der Waals surface area contributed by atoms with Crippen molar-refractivity contribution in [2.75, 3.05) is 5.32 Å². The number of carbonyl (C=O) groups is 3. The second kappa shape index (κ2) is 10.7. The number of urea groups is 1. The Morgan fingerprint density at radius 1 is 0.947 bits per heavy atom. The fourth-order valence-corrected chi connectivity index (χ4v) is 7.49. The highest BCUT2D eigenvalue weighted by molar-refractivity contribution is 7.10. The van der Waals surface area contributed by atoms with Gasteiger partial charge in [0.05, 0.1) is 12.0 Å². The van der Waals surface area contributed by atoms with Gasteiger partial charge >= 0.3 is 6.03 Å². The number of hydrogen-bond acceptors (Lipinski definition) is 5. The van der Waals surface area contributed by atoms with Crippen molar-refractivity contribution in [2.45, 2.75) is 31.8 Å². The fraction of sp³-hybridized carbons (Fsp3) is 0.207. The molecule has 4 unspecified atom stereocenters. The van der Waals surface area contributed by atoms with Gasteiger partial charge in [-0.15, -0.1) is 22.7 Å². The van der Waals surface area contributed by atoms with Crippen molar-refractivity contribution in [3.63, 3.8) is 0 Å². The third-order valence-electron chi connectivity index (χ3n) is 6.92. The molecule has 4 aromatic rings. The van der Waals surface area contributed by atoms with Crippen molar-refractivity contribution < 1.29 is 14.4 Å². The van der Waals surface area contributed by atoms with Crippen molar-refractivity contribution in [3.8, 4) is 0 Å². The first kappa shape index (κ1) is 26.2. The molecule has 1 aliphatic rings. The summed E-state index contributed by atoms with van der Waals surface area (Å²) in [6, 6.07) is 17.7. The van der Waals surface area contributed by atoms with E-state index in [1.54, 1.807) is 30.3 Å². The lowest BCUT2D eigenvalue weighted by molar-refractivity contribution is -0.122. The topological polar surface area (TPSA) is 92.5 Å². The molecule has 38 heavy (non-hydrogen) atoms. The summed E-state index contributed by atoms with van der Waals surface area (Å²) in [6.07, 6.45) is 0. The number of nitrogens with two attached hydrogens (primary N) is 1. The molecule has 3 amide bonds. The molecule has 1 fully saturated rings. The van der Waals surface area contributed by atoms with Gasteiger partial charge in [0.1, 0.15) is 6.04 Å². The Labute approximate surface area is 234 Å². The normalized spacial score (nSPS) is 20.9. The number of primary amides is 1. The van der Waals surface area contributed by atoms with Gasteiger partial charge in [-0.2, -0.15) is 0 Å². The number of Topliss-reactive ketones (excluding diaryl/α,β-unsaturated/α-hetero) is 1. The van der Waals surface area contributed by atoms with Crippen LogP contribution in [0.1, 0.15) is 43.2 Å². The lowest BCUT2D eigenvalue weighted by Gasteiger charge is -2.30. The highest BCUT2D eigenvalue weighted by Gasteiger charge is 2.58. The van der Waals surface area contributed by atoms with Gasteiger partial charge in [-0.1, -0.05) is 41.9 Å². The van der Waals surface area contributed by atoms with Crippen molar-refractivity contribution in [2.24, 2.45) is 11.7 Å². The fourth-order valence-electron chi connectivity index (χ4n) is 5.32. The second-order valence-electron chi connectivity index (χ2n) is 9.41. The number of benzene rings is 2. The van der Waals surface area contributed by atoms with Crippen LogP contribution in [0.15, 0.2) is 77.5 Å². The Kier molecular flexibility index (Phi) is 7.38. The molecule has 0 aliphatic carbocycles. The quantitative estimate of drug-likeness (QED) is 0.252. The first-order valence-electron chi connectivity index (χ1n) is 12.1. The van der Waals surface area contributed by atoms with Crippen LogP contribution in [0, 0.1) is 19.8 Å². The number of nitrogens with one attached hydrogen (secondary N) is 1. The number of aryl methyl sites for hydroxylation is 2. The van der Waals surface area contributed by atoms with E-state index >= 15 is 0 Å². The van der Waals surface area contributed by atoms with Gasteiger partial charge < -0.3 is 16.0 Å². The van der Waals surface area contributed by atoms with E-state index in [2.05, 4.69) is 5.32 Å². The van der Waals surface area contributed by atoms with E-state index < -0.39 is 35.9 Å². The summed E-state index contributed by atoms with van der Waals surface area (Å²) in [5.41, 5.74) is 8.97. The van der Waals surface area contributed by atoms with Gasteiger partial charge in [-0.25, -0.2) is 4.79 Å². The Bertz CT molecular complexity index is 1500. The number of amides is 3. The maximum atomic E-state index is 14.3. The molecule has 3 N–H and O–H groups in total. The summed E-state index contributed by atoms with van der Waals surface area (Å²) in [5, 5.41) is 7.21. The van der Waals surface area contributed by atoms with Gasteiger partial charge in [0.25, 0.3) is 0 Å². The minimum atomic E-state index is -1.04. The smallest absolute Gasteiger partial charge is 0.323 e. The van der Waals surface area contributed by atoms with Crippen LogP contribution in [0.3, 0.4) is 0 Å². The predicted molar refractivity (Wildman–Crippen MR) is 153 cm³/mol. The zero-order valence-corrected chi connectivity index (χ0v) is 23.1. The monoisotopic (exact) mass is 563 g/mol. The Morgan fingerprint density at radius 3 is 2.37 bits per heavy atom. The first-order valence-corrected chi connectivity index (χ1v) is 14.2. The number of likely N-dealkylation sites (tertiary alicyclic amines) is 1. The van der Waals surface area contributed by atoms with Crippen molar-refractivity contribution >= 4 is 57.7 Å². The molecule has 4 atom stereocenters. The Morgan fingerprint density at radius 2 is 1.74 bits per heavy atom. The van der Waals surface area contributed by atoms with Crippen molar-refractivity contribution in [1.29, 1.82) is 0 Å². The van der Waals surface area contributed by atoms with Gasteiger partial charge in [0, 0.05) is 31.9 Å². The van der Waals surface area contributed by atoms with Crippen LogP contribution in [-0.4, -0.2) is 28.7 Å². The number of ketones is 1. The van der Waals surface area contributed by atoms with Gasteiger partial charge in [-0.3, -0.25) is 9.59 Å². The predicted octanol–water partition coefficient (Wildman–Crippen LogP) is 6.81. The maximum Gasteiger partial charge on any atom is 0.323 e. The number of hydrogen-bond donors (Lipinski definition) is 2. The van der Waals surface area contributed by atoms with E-state index in [9.17, 15) is 14.4 Å². The number of thiophene rings is 2. The molecule has 1 aliphatic heterocycles. The maximum absolute atomic E-state index is 14.3. The van der Waals surface area contributed by atoms with Gasteiger partial charge in [0.2, 0.25) is 5.91 Å². The van der Waals surface area contributed by atoms with Crippen LogP contribution in [-0.2, 0) is 4.79 Å². The summed E-state index contributed by atoms with van der Waals surface area (Å²) >= 11 is 9.16. The highest BCUT2D eigenvalue weighted by atomic mass is 35.5. The largest absolute Gasteiger partial charge is 0.368 e. The second-order valence-corrected chi connectivity index (χ2v) is 11.8. The van der Waals surface area contributed by atoms with E-state index in [0.29, 0.717) is 16.3 Å². The number of rotatable bonds is 6. The molecule has 0 bridgehead atoms. The Hall–Kier alpha value is -3.46. The van der Waals surface area contributed by atoms with Gasteiger partial charge in [-0.05, 0) is 72.1 Å². The molecular formula is C29H26ClN3O3S2. The van der Waals surface area contributed by atoms with Crippen LogP contribution in [0.5, 0.6) is 0 Å². The molecule has 0 spiro atoms. The summed E-state index contributed by atoms with van der Waals surface area (Å²) in [4.78, 5) is 44.6. The minimum absolute atomic E-state index is 0.194. The SMILES string of the molecule is Cc1cccc(NC(=O)N2C(C(N)=O)C(c3cccs3)C(C(=O)c3cccc(Cl)c3)C2c2sccc2C)c1. The molecular weight excluding hydrogens is 538 g/mol. The van der Waals surface area contributed by atoms with E-state index in [1.165, 1.54) is 27.6 Å². The molecule has 9 heteroatoms. The number of halogens is 1. The summed E-state index contributed by atoms with van der Waals surface area (Å²) in [5.74, 6) is -2.25. The minimum Gasteiger partial charge on any atom is -0.368 e. The molecule has 1 saturated heterocycles. The zero-order valence-electron chi connectivity index (χ0n) is 20.8.